The van der Waals surface area contributed by atoms with E-state index in [9.17, 15) is 0 Å². The second-order valence-corrected chi connectivity index (χ2v) is 3.66. The minimum atomic E-state index is 0.274. The molecule has 0 spiro atoms. The molecule has 94 valence electrons. The van der Waals surface area contributed by atoms with Crippen LogP contribution in [-0.2, 0) is 6.54 Å². The van der Waals surface area contributed by atoms with Crippen LogP contribution >= 0.6 is 0 Å². The molecule has 18 heavy (non-hydrogen) atoms. The summed E-state index contributed by atoms with van der Waals surface area (Å²) in [7, 11) is 3.46. The van der Waals surface area contributed by atoms with Crippen LogP contribution in [0.25, 0.3) is 0 Å². The van der Waals surface area contributed by atoms with Gasteiger partial charge in [0.15, 0.2) is 0 Å². The van der Waals surface area contributed by atoms with E-state index < -0.39 is 0 Å². The van der Waals surface area contributed by atoms with Crippen molar-refractivity contribution in [2.24, 2.45) is 0 Å². The van der Waals surface area contributed by atoms with E-state index in [1.807, 2.05) is 31.3 Å². The standard InChI is InChI=1S/C13H15N3O2/c1-14-9-10-4-3-5-11(8-10)18-13-15-7-6-12(16-13)17-2/h3-8,14H,9H2,1-2H3. The Labute approximate surface area is 106 Å². The number of methoxy groups -OCH3 is 1. The van der Waals surface area contributed by atoms with Gasteiger partial charge >= 0.3 is 6.01 Å². The Morgan fingerprint density at radius 3 is 2.94 bits per heavy atom. The molecule has 0 bridgehead atoms. The summed E-state index contributed by atoms with van der Waals surface area (Å²) in [4.78, 5) is 8.12. The zero-order valence-electron chi connectivity index (χ0n) is 10.4. The highest BCUT2D eigenvalue weighted by atomic mass is 16.5. The van der Waals surface area contributed by atoms with Crippen LogP contribution < -0.4 is 14.8 Å². The van der Waals surface area contributed by atoms with E-state index >= 15 is 0 Å². The van der Waals surface area contributed by atoms with Crippen molar-refractivity contribution in [1.82, 2.24) is 15.3 Å². The molecule has 1 N–H and O–H groups in total. The third kappa shape index (κ3) is 3.18. The first kappa shape index (κ1) is 12.3. The number of nitrogens with one attached hydrogen (secondary N) is 1. The van der Waals surface area contributed by atoms with Gasteiger partial charge in [-0.05, 0) is 24.7 Å². The zero-order valence-corrected chi connectivity index (χ0v) is 10.4. The van der Waals surface area contributed by atoms with Crippen molar-refractivity contribution in [2.75, 3.05) is 14.2 Å². The number of hydrogen-bond donors (Lipinski definition) is 1. The fourth-order valence-corrected chi connectivity index (χ4v) is 1.52. The van der Waals surface area contributed by atoms with Crippen LogP contribution in [0.3, 0.4) is 0 Å². The first-order chi connectivity index (χ1) is 8.81. The van der Waals surface area contributed by atoms with Crippen molar-refractivity contribution in [3.63, 3.8) is 0 Å². The first-order valence-corrected chi connectivity index (χ1v) is 5.60. The minimum absolute atomic E-state index is 0.274. The molecule has 5 nitrogen and oxygen atoms in total. The summed E-state index contributed by atoms with van der Waals surface area (Å²) in [6, 6.07) is 9.71. The van der Waals surface area contributed by atoms with Crippen LogP contribution in [0.1, 0.15) is 5.56 Å². The third-order valence-corrected chi connectivity index (χ3v) is 2.31. The van der Waals surface area contributed by atoms with Crippen LogP contribution in [0.15, 0.2) is 36.5 Å². The topological polar surface area (TPSA) is 56.3 Å². The molecule has 0 atom stereocenters. The van der Waals surface area contributed by atoms with Crippen LogP contribution in [-0.4, -0.2) is 24.1 Å². The Kier molecular flexibility index (Phi) is 4.09. The molecule has 0 aliphatic rings. The summed E-state index contributed by atoms with van der Waals surface area (Å²) >= 11 is 0. The Hall–Kier alpha value is -2.14. The van der Waals surface area contributed by atoms with Gasteiger partial charge in [0.25, 0.3) is 0 Å². The lowest BCUT2D eigenvalue weighted by atomic mass is 10.2. The number of benzene rings is 1. The van der Waals surface area contributed by atoms with Crippen LogP contribution in [0, 0.1) is 0 Å². The third-order valence-electron chi connectivity index (χ3n) is 2.31. The van der Waals surface area contributed by atoms with Crippen molar-refractivity contribution >= 4 is 0 Å². The molecule has 0 saturated carbocycles. The lowest BCUT2D eigenvalue weighted by molar-refractivity contribution is 0.376. The summed E-state index contributed by atoms with van der Waals surface area (Å²) in [5.41, 5.74) is 1.14. The molecule has 0 radical (unpaired) electrons. The number of rotatable bonds is 5. The fourth-order valence-electron chi connectivity index (χ4n) is 1.52. The number of ether oxygens (including phenoxy) is 2. The highest BCUT2D eigenvalue weighted by molar-refractivity contribution is 5.30. The van der Waals surface area contributed by atoms with Gasteiger partial charge in [0.1, 0.15) is 5.75 Å². The van der Waals surface area contributed by atoms with Gasteiger partial charge in [-0.15, -0.1) is 0 Å². The molecule has 1 heterocycles. The van der Waals surface area contributed by atoms with Gasteiger partial charge in [0.2, 0.25) is 5.88 Å². The molecule has 5 heteroatoms. The quantitative estimate of drug-likeness (QED) is 0.873. The average molecular weight is 245 g/mol. The first-order valence-electron chi connectivity index (χ1n) is 5.60. The molecule has 0 aliphatic heterocycles. The van der Waals surface area contributed by atoms with Gasteiger partial charge < -0.3 is 14.8 Å². The van der Waals surface area contributed by atoms with Gasteiger partial charge in [0.05, 0.1) is 7.11 Å². The second-order valence-electron chi connectivity index (χ2n) is 3.66. The Morgan fingerprint density at radius 2 is 2.17 bits per heavy atom. The molecule has 1 aromatic heterocycles. The zero-order chi connectivity index (χ0) is 12.8. The second kappa shape index (κ2) is 5.97. The van der Waals surface area contributed by atoms with Gasteiger partial charge in [-0.3, -0.25) is 0 Å². The van der Waals surface area contributed by atoms with Crippen LogP contribution in [0.4, 0.5) is 0 Å². The number of nitrogens with zero attached hydrogens (tertiary/aromatic N) is 2. The minimum Gasteiger partial charge on any atom is -0.481 e. The molecule has 0 fully saturated rings. The van der Waals surface area contributed by atoms with Gasteiger partial charge in [0, 0.05) is 18.8 Å². The molecule has 0 unspecified atom stereocenters. The normalized spacial score (nSPS) is 10.1. The average Bonchev–Trinajstić information content (AvgIpc) is 2.40. The predicted octanol–water partition coefficient (Wildman–Crippen LogP) is 2.00. The maximum absolute atomic E-state index is 5.58. The largest absolute Gasteiger partial charge is 0.481 e. The number of aromatic nitrogens is 2. The fraction of sp³-hybridized carbons (Fsp3) is 0.231. The van der Waals surface area contributed by atoms with E-state index in [1.54, 1.807) is 19.4 Å². The lowest BCUT2D eigenvalue weighted by Crippen LogP contribution is -2.04. The Morgan fingerprint density at radius 1 is 1.28 bits per heavy atom. The van der Waals surface area contributed by atoms with Crippen LogP contribution in [0.5, 0.6) is 17.6 Å². The van der Waals surface area contributed by atoms with Crippen molar-refractivity contribution in [3.8, 4) is 17.6 Å². The molecule has 0 saturated heterocycles. The summed E-state index contributed by atoms with van der Waals surface area (Å²) in [6.45, 7) is 0.788. The van der Waals surface area contributed by atoms with Gasteiger partial charge in [-0.2, -0.15) is 4.98 Å². The van der Waals surface area contributed by atoms with E-state index in [1.165, 1.54) is 0 Å². The molecular weight excluding hydrogens is 230 g/mol. The maximum Gasteiger partial charge on any atom is 0.325 e. The van der Waals surface area contributed by atoms with Crippen LogP contribution in [0.2, 0.25) is 0 Å². The van der Waals surface area contributed by atoms with E-state index in [4.69, 9.17) is 9.47 Å². The van der Waals surface area contributed by atoms with Gasteiger partial charge in [-0.25, -0.2) is 4.98 Å². The molecule has 0 amide bonds. The maximum atomic E-state index is 5.58. The van der Waals surface area contributed by atoms with Gasteiger partial charge in [-0.1, -0.05) is 12.1 Å². The summed E-state index contributed by atoms with van der Waals surface area (Å²) < 4.78 is 10.6. The molecule has 2 aromatic rings. The monoisotopic (exact) mass is 245 g/mol. The lowest BCUT2D eigenvalue weighted by Gasteiger charge is -2.06. The summed E-state index contributed by atoms with van der Waals surface area (Å²) in [5, 5.41) is 3.09. The van der Waals surface area contributed by atoms with Crippen molar-refractivity contribution in [3.05, 3.63) is 42.1 Å². The summed E-state index contributed by atoms with van der Waals surface area (Å²) in [5.74, 6) is 1.18. The molecular formula is C13H15N3O2. The van der Waals surface area contributed by atoms with E-state index in [2.05, 4.69) is 15.3 Å². The van der Waals surface area contributed by atoms with E-state index in [-0.39, 0.29) is 6.01 Å². The molecule has 0 aliphatic carbocycles. The van der Waals surface area contributed by atoms with E-state index in [0.717, 1.165) is 12.1 Å². The highest BCUT2D eigenvalue weighted by Crippen LogP contribution is 2.20. The smallest absolute Gasteiger partial charge is 0.325 e. The van der Waals surface area contributed by atoms with Crippen molar-refractivity contribution < 1.29 is 9.47 Å². The van der Waals surface area contributed by atoms with Crippen molar-refractivity contribution in [2.45, 2.75) is 6.54 Å². The predicted molar refractivity (Wildman–Crippen MR) is 67.9 cm³/mol. The Bertz CT molecular complexity index is 517. The van der Waals surface area contributed by atoms with Crippen molar-refractivity contribution in [1.29, 1.82) is 0 Å². The summed E-state index contributed by atoms with van der Waals surface area (Å²) in [6.07, 6.45) is 1.60. The molecule has 2 rings (SSSR count). The molecule has 1 aromatic carbocycles. The number of hydrogen-bond acceptors (Lipinski definition) is 5. The highest BCUT2D eigenvalue weighted by Gasteiger charge is 2.03. The Balaban J connectivity index is 2.14. The SMILES string of the molecule is CNCc1cccc(Oc2nccc(OC)n2)c1. The van der Waals surface area contributed by atoms with E-state index in [0.29, 0.717) is 11.6 Å².